The summed E-state index contributed by atoms with van der Waals surface area (Å²) >= 11 is 0. The smallest absolute Gasteiger partial charge is 0.120 e. The van der Waals surface area contributed by atoms with Crippen molar-refractivity contribution in [1.82, 2.24) is 0 Å². The van der Waals surface area contributed by atoms with Crippen LogP contribution in [-0.4, -0.2) is 23.1 Å². The Kier molecular flexibility index (Phi) is 4.29. The van der Waals surface area contributed by atoms with Gasteiger partial charge in [0.25, 0.3) is 0 Å². The number of aldehydes is 1. The van der Waals surface area contributed by atoms with Gasteiger partial charge in [-0.25, -0.2) is 0 Å². The van der Waals surface area contributed by atoms with Crippen molar-refractivity contribution in [3.8, 4) is 0 Å². The van der Waals surface area contributed by atoms with E-state index in [1.54, 1.807) is 6.07 Å². The molecule has 0 aliphatic carbocycles. The Labute approximate surface area is 83.0 Å². The zero-order chi connectivity index (χ0) is 10.4. The number of aliphatic hydroxyl groups excluding tert-OH is 2. The number of benzene rings is 1. The zero-order valence-corrected chi connectivity index (χ0v) is 7.89. The van der Waals surface area contributed by atoms with Crippen LogP contribution in [0.4, 0.5) is 0 Å². The van der Waals surface area contributed by atoms with Gasteiger partial charge in [0.15, 0.2) is 0 Å². The van der Waals surface area contributed by atoms with E-state index in [0.29, 0.717) is 18.4 Å². The summed E-state index contributed by atoms with van der Waals surface area (Å²) in [6, 6.07) is 7.28. The van der Waals surface area contributed by atoms with Gasteiger partial charge in [-0.15, -0.1) is 0 Å². The van der Waals surface area contributed by atoms with E-state index in [0.717, 1.165) is 11.8 Å². The van der Waals surface area contributed by atoms with Crippen LogP contribution in [-0.2, 0) is 11.2 Å². The summed E-state index contributed by atoms with van der Waals surface area (Å²) in [5.41, 5.74) is 1.69. The molecule has 0 aliphatic rings. The van der Waals surface area contributed by atoms with E-state index in [2.05, 4.69) is 0 Å². The number of aliphatic hydroxyl groups is 2. The second-order valence-electron chi connectivity index (χ2n) is 3.15. The molecule has 76 valence electrons. The second kappa shape index (κ2) is 5.52. The van der Waals surface area contributed by atoms with Crippen molar-refractivity contribution in [2.24, 2.45) is 0 Å². The van der Waals surface area contributed by atoms with Crippen molar-refractivity contribution in [2.45, 2.75) is 18.9 Å². The van der Waals surface area contributed by atoms with E-state index >= 15 is 0 Å². The van der Waals surface area contributed by atoms with Gasteiger partial charge < -0.3 is 15.0 Å². The molecular formula is C11H14O3. The lowest BCUT2D eigenvalue weighted by molar-refractivity contribution is -0.107. The fourth-order valence-electron chi connectivity index (χ4n) is 1.29. The molecule has 1 aromatic carbocycles. The van der Waals surface area contributed by atoms with Crippen molar-refractivity contribution in [2.75, 3.05) is 6.61 Å². The van der Waals surface area contributed by atoms with Crippen LogP contribution in [0.2, 0.25) is 0 Å². The summed E-state index contributed by atoms with van der Waals surface area (Å²) in [7, 11) is 0. The second-order valence-corrected chi connectivity index (χ2v) is 3.15. The van der Waals surface area contributed by atoms with Crippen LogP contribution in [0.5, 0.6) is 0 Å². The number of aryl methyl sites for hydroxylation is 1. The molecule has 3 nitrogen and oxygen atoms in total. The van der Waals surface area contributed by atoms with Gasteiger partial charge in [-0.1, -0.05) is 24.3 Å². The van der Waals surface area contributed by atoms with Gasteiger partial charge >= 0.3 is 0 Å². The first-order valence-electron chi connectivity index (χ1n) is 4.59. The standard InChI is InChI=1S/C11H14O3/c12-6-2-4-9-3-1-5-10(7-9)11(14)8-13/h1,3,5-7,11,13-14H,2,4,8H2. The highest BCUT2D eigenvalue weighted by atomic mass is 16.3. The van der Waals surface area contributed by atoms with E-state index < -0.39 is 6.10 Å². The van der Waals surface area contributed by atoms with Gasteiger partial charge in [0.05, 0.1) is 6.61 Å². The maximum Gasteiger partial charge on any atom is 0.120 e. The number of hydrogen-bond donors (Lipinski definition) is 2. The van der Waals surface area contributed by atoms with Crippen LogP contribution < -0.4 is 0 Å². The normalized spacial score (nSPS) is 12.4. The van der Waals surface area contributed by atoms with Crippen molar-refractivity contribution < 1.29 is 15.0 Å². The monoisotopic (exact) mass is 194 g/mol. The van der Waals surface area contributed by atoms with E-state index in [1.807, 2.05) is 18.2 Å². The third-order valence-corrected chi connectivity index (χ3v) is 2.06. The molecule has 0 aromatic heterocycles. The molecule has 0 fully saturated rings. The number of hydrogen-bond acceptors (Lipinski definition) is 3. The van der Waals surface area contributed by atoms with E-state index in [4.69, 9.17) is 5.11 Å². The molecular weight excluding hydrogens is 180 g/mol. The summed E-state index contributed by atoms with van der Waals surface area (Å²) in [5.74, 6) is 0. The quantitative estimate of drug-likeness (QED) is 0.683. The van der Waals surface area contributed by atoms with Crippen LogP contribution in [0.1, 0.15) is 23.7 Å². The van der Waals surface area contributed by atoms with E-state index in [-0.39, 0.29) is 6.61 Å². The molecule has 0 saturated carbocycles. The lowest BCUT2D eigenvalue weighted by Gasteiger charge is -2.08. The molecule has 14 heavy (non-hydrogen) atoms. The molecule has 0 aliphatic heterocycles. The summed E-state index contributed by atoms with van der Waals surface area (Å²) in [4.78, 5) is 10.2. The molecule has 0 radical (unpaired) electrons. The Morgan fingerprint density at radius 1 is 1.43 bits per heavy atom. The Bertz CT molecular complexity index is 296. The zero-order valence-electron chi connectivity index (χ0n) is 7.89. The van der Waals surface area contributed by atoms with Crippen LogP contribution in [0, 0.1) is 0 Å². The highest BCUT2D eigenvalue weighted by Crippen LogP contribution is 2.14. The van der Waals surface area contributed by atoms with Gasteiger partial charge in [-0.2, -0.15) is 0 Å². The lowest BCUT2D eigenvalue weighted by Crippen LogP contribution is -2.02. The third kappa shape index (κ3) is 2.94. The SMILES string of the molecule is O=CCCc1cccc(C(O)CO)c1. The molecule has 1 unspecified atom stereocenters. The first-order valence-corrected chi connectivity index (χ1v) is 4.59. The third-order valence-electron chi connectivity index (χ3n) is 2.06. The van der Waals surface area contributed by atoms with Crippen molar-refractivity contribution in [3.63, 3.8) is 0 Å². The Hall–Kier alpha value is -1.19. The first kappa shape index (κ1) is 10.9. The average Bonchev–Trinajstić information content (AvgIpc) is 2.25. The Morgan fingerprint density at radius 3 is 2.86 bits per heavy atom. The Balaban J connectivity index is 2.73. The van der Waals surface area contributed by atoms with Crippen molar-refractivity contribution in [1.29, 1.82) is 0 Å². The van der Waals surface area contributed by atoms with Crippen LogP contribution in [0.3, 0.4) is 0 Å². The topological polar surface area (TPSA) is 57.5 Å². The van der Waals surface area contributed by atoms with Gasteiger partial charge in [-0.05, 0) is 17.5 Å². The van der Waals surface area contributed by atoms with Crippen molar-refractivity contribution in [3.05, 3.63) is 35.4 Å². The molecule has 0 heterocycles. The van der Waals surface area contributed by atoms with Gasteiger partial charge in [0.2, 0.25) is 0 Å². The molecule has 3 heteroatoms. The number of rotatable bonds is 5. The maximum absolute atomic E-state index is 10.2. The molecule has 2 N–H and O–H groups in total. The molecule has 0 amide bonds. The molecule has 1 aromatic rings. The lowest BCUT2D eigenvalue weighted by atomic mass is 10.0. The van der Waals surface area contributed by atoms with Gasteiger partial charge in [-0.3, -0.25) is 0 Å². The molecule has 0 bridgehead atoms. The highest BCUT2D eigenvalue weighted by molar-refractivity contribution is 5.50. The minimum atomic E-state index is -0.828. The minimum absolute atomic E-state index is 0.281. The maximum atomic E-state index is 10.2. The predicted molar refractivity (Wildman–Crippen MR) is 52.9 cm³/mol. The van der Waals surface area contributed by atoms with Crippen LogP contribution in [0.15, 0.2) is 24.3 Å². The largest absolute Gasteiger partial charge is 0.393 e. The van der Waals surface area contributed by atoms with Gasteiger partial charge in [0.1, 0.15) is 12.4 Å². The summed E-state index contributed by atoms with van der Waals surface area (Å²) in [6.07, 6.45) is 1.20. The van der Waals surface area contributed by atoms with Crippen LogP contribution >= 0.6 is 0 Å². The summed E-state index contributed by atoms with van der Waals surface area (Å²) < 4.78 is 0. The molecule has 1 atom stereocenters. The number of carbonyl (C=O) groups is 1. The molecule has 0 spiro atoms. The molecule has 0 saturated heterocycles. The van der Waals surface area contributed by atoms with Gasteiger partial charge in [0, 0.05) is 6.42 Å². The fraction of sp³-hybridized carbons (Fsp3) is 0.364. The highest BCUT2D eigenvalue weighted by Gasteiger charge is 2.05. The van der Waals surface area contributed by atoms with Crippen molar-refractivity contribution >= 4 is 6.29 Å². The van der Waals surface area contributed by atoms with Crippen LogP contribution in [0.25, 0.3) is 0 Å². The fourth-order valence-corrected chi connectivity index (χ4v) is 1.29. The summed E-state index contributed by atoms with van der Waals surface area (Å²) in [5, 5.41) is 18.1. The Morgan fingerprint density at radius 2 is 2.21 bits per heavy atom. The predicted octanol–water partition coefficient (Wildman–Crippen LogP) is 0.844. The first-order chi connectivity index (χ1) is 6.77. The van der Waals surface area contributed by atoms with E-state index in [9.17, 15) is 9.90 Å². The molecule has 1 rings (SSSR count). The minimum Gasteiger partial charge on any atom is -0.393 e. The average molecular weight is 194 g/mol. The summed E-state index contributed by atoms with van der Waals surface area (Å²) in [6.45, 7) is -0.281. The van der Waals surface area contributed by atoms with E-state index in [1.165, 1.54) is 0 Å². The number of carbonyl (C=O) groups excluding carboxylic acids is 1.